The fourth-order valence-electron chi connectivity index (χ4n) is 1.69. The van der Waals surface area contributed by atoms with Crippen molar-refractivity contribution in [3.8, 4) is 0 Å². The Hall–Kier alpha value is -2.01. The van der Waals surface area contributed by atoms with Crippen molar-refractivity contribution in [3.63, 3.8) is 0 Å². The van der Waals surface area contributed by atoms with Crippen LogP contribution >= 0.6 is 0 Å². The van der Waals surface area contributed by atoms with Crippen LogP contribution in [0.2, 0.25) is 0 Å². The van der Waals surface area contributed by atoms with Crippen molar-refractivity contribution >= 4 is 21.4 Å². The van der Waals surface area contributed by atoms with Crippen molar-refractivity contribution in [2.45, 2.75) is 11.8 Å². The van der Waals surface area contributed by atoms with Gasteiger partial charge in [-0.05, 0) is 43.3 Å². The van der Waals surface area contributed by atoms with Gasteiger partial charge in [-0.15, -0.1) is 0 Å². The first kappa shape index (κ1) is 13.4. The van der Waals surface area contributed by atoms with Gasteiger partial charge in [-0.1, -0.05) is 17.7 Å². The Morgan fingerprint density at radius 2 is 1.47 bits per heavy atom. The molecule has 5 heteroatoms. The van der Waals surface area contributed by atoms with Crippen LogP contribution in [0.1, 0.15) is 5.56 Å². The van der Waals surface area contributed by atoms with Crippen LogP contribution < -0.4 is 10.0 Å². The summed E-state index contributed by atoms with van der Waals surface area (Å²) in [6.45, 7) is 1.96. The van der Waals surface area contributed by atoms with Crippen molar-refractivity contribution in [2.75, 3.05) is 17.1 Å². The second-order valence-corrected chi connectivity index (χ2v) is 6.35. The summed E-state index contributed by atoms with van der Waals surface area (Å²) in [7, 11) is -2.01. The number of rotatable bonds is 3. The zero-order chi connectivity index (χ0) is 14.0. The van der Waals surface area contributed by atoms with Crippen molar-refractivity contribution in [2.24, 2.45) is 0 Å². The molecule has 0 spiro atoms. The number of aryl methyl sites for hydroxylation is 1. The van der Waals surface area contributed by atoms with Crippen molar-refractivity contribution in [1.82, 2.24) is 0 Å². The molecule has 0 aliphatic rings. The van der Waals surface area contributed by atoms with Crippen LogP contribution in [-0.4, -0.2) is 15.5 Å². The molecule has 2 aromatic carbocycles. The van der Waals surface area contributed by atoms with Crippen LogP contribution in [0, 0.1) is 6.92 Å². The number of benzene rings is 2. The quantitative estimate of drug-likeness (QED) is 0.876. The molecular formula is C14H16N2O2S. The molecule has 19 heavy (non-hydrogen) atoms. The molecule has 0 bridgehead atoms. The first-order valence-electron chi connectivity index (χ1n) is 5.82. The highest BCUT2D eigenvalue weighted by Crippen LogP contribution is 2.22. The van der Waals surface area contributed by atoms with Gasteiger partial charge in [0.1, 0.15) is 0 Å². The third-order valence-corrected chi connectivity index (χ3v) is 4.74. The molecule has 0 aliphatic carbocycles. The number of nitrogens with two attached hydrogens (primary N) is 1. The highest BCUT2D eigenvalue weighted by atomic mass is 32.2. The molecule has 0 saturated carbocycles. The van der Waals surface area contributed by atoms with E-state index in [4.69, 9.17) is 5.73 Å². The Kier molecular flexibility index (Phi) is 3.48. The second-order valence-electron chi connectivity index (χ2n) is 4.38. The Bertz CT molecular complexity index is 662. The zero-order valence-corrected chi connectivity index (χ0v) is 11.7. The molecule has 2 aromatic rings. The van der Waals surface area contributed by atoms with Crippen LogP contribution in [-0.2, 0) is 10.0 Å². The van der Waals surface area contributed by atoms with Gasteiger partial charge in [0.05, 0.1) is 10.6 Å². The van der Waals surface area contributed by atoms with Gasteiger partial charge in [-0.25, -0.2) is 8.42 Å². The lowest BCUT2D eigenvalue weighted by Crippen LogP contribution is -2.26. The van der Waals surface area contributed by atoms with Gasteiger partial charge < -0.3 is 5.73 Å². The lowest BCUT2D eigenvalue weighted by Gasteiger charge is -2.19. The van der Waals surface area contributed by atoms with E-state index in [9.17, 15) is 8.42 Å². The van der Waals surface area contributed by atoms with E-state index in [0.717, 1.165) is 5.56 Å². The molecule has 0 amide bonds. The standard InChI is InChI=1S/C14H16N2O2S/c1-11-3-7-13(8-4-11)16(2)19(17,18)14-9-5-12(15)6-10-14/h3-10H,15H2,1-2H3. The molecule has 0 aliphatic heterocycles. The first-order valence-corrected chi connectivity index (χ1v) is 7.26. The van der Waals surface area contributed by atoms with Crippen LogP contribution in [0.3, 0.4) is 0 Å². The zero-order valence-electron chi connectivity index (χ0n) is 10.9. The number of hydrogen-bond acceptors (Lipinski definition) is 3. The summed E-state index contributed by atoms with van der Waals surface area (Å²) in [5, 5.41) is 0. The minimum atomic E-state index is -3.54. The van der Waals surface area contributed by atoms with Crippen molar-refractivity contribution in [1.29, 1.82) is 0 Å². The van der Waals surface area contributed by atoms with E-state index in [1.807, 2.05) is 19.1 Å². The van der Waals surface area contributed by atoms with E-state index in [1.165, 1.54) is 23.5 Å². The summed E-state index contributed by atoms with van der Waals surface area (Å²) in [6.07, 6.45) is 0. The molecule has 0 unspecified atom stereocenters. The smallest absolute Gasteiger partial charge is 0.264 e. The minimum absolute atomic E-state index is 0.227. The summed E-state index contributed by atoms with van der Waals surface area (Å²) in [6, 6.07) is 13.5. The van der Waals surface area contributed by atoms with Gasteiger partial charge in [-0.2, -0.15) is 0 Å². The summed E-state index contributed by atoms with van der Waals surface area (Å²) in [4.78, 5) is 0.227. The Morgan fingerprint density at radius 1 is 0.947 bits per heavy atom. The number of hydrogen-bond donors (Lipinski definition) is 1. The number of anilines is 2. The number of nitrogen functional groups attached to an aromatic ring is 1. The third kappa shape index (κ3) is 2.71. The van der Waals surface area contributed by atoms with Crippen LogP contribution in [0.4, 0.5) is 11.4 Å². The predicted molar refractivity (Wildman–Crippen MR) is 77.6 cm³/mol. The molecule has 0 heterocycles. The maximum atomic E-state index is 12.4. The number of sulfonamides is 1. The molecule has 0 fully saturated rings. The van der Waals surface area contributed by atoms with E-state index in [1.54, 1.807) is 24.3 Å². The van der Waals surface area contributed by atoms with E-state index < -0.39 is 10.0 Å². The Morgan fingerprint density at radius 3 is 2.00 bits per heavy atom. The van der Waals surface area contributed by atoms with Crippen LogP contribution in [0.25, 0.3) is 0 Å². The average molecular weight is 276 g/mol. The summed E-state index contributed by atoms with van der Waals surface area (Å²) in [5.41, 5.74) is 7.82. The molecule has 0 aromatic heterocycles. The van der Waals surface area contributed by atoms with E-state index in [0.29, 0.717) is 11.4 Å². The molecule has 2 rings (SSSR count). The Balaban J connectivity index is 2.39. The van der Waals surface area contributed by atoms with Gasteiger partial charge in [0.2, 0.25) is 0 Å². The summed E-state index contributed by atoms with van der Waals surface area (Å²) < 4.78 is 26.1. The van der Waals surface area contributed by atoms with Gasteiger partial charge in [0.15, 0.2) is 0 Å². The Labute approximate surface area is 113 Å². The monoisotopic (exact) mass is 276 g/mol. The number of nitrogens with zero attached hydrogens (tertiary/aromatic N) is 1. The fraction of sp³-hybridized carbons (Fsp3) is 0.143. The fourth-order valence-corrected chi connectivity index (χ4v) is 2.89. The van der Waals surface area contributed by atoms with Crippen LogP contribution in [0.15, 0.2) is 53.4 Å². The minimum Gasteiger partial charge on any atom is -0.399 e. The lowest BCUT2D eigenvalue weighted by atomic mass is 10.2. The predicted octanol–water partition coefficient (Wildman–Crippen LogP) is 2.40. The molecule has 4 nitrogen and oxygen atoms in total. The van der Waals surface area contributed by atoms with Gasteiger partial charge in [0, 0.05) is 12.7 Å². The first-order chi connectivity index (χ1) is 8.91. The molecule has 0 saturated heterocycles. The second kappa shape index (κ2) is 4.93. The lowest BCUT2D eigenvalue weighted by molar-refractivity contribution is 0.594. The molecular weight excluding hydrogens is 260 g/mol. The molecule has 100 valence electrons. The van der Waals surface area contributed by atoms with E-state index >= 15 is 0 Å². The van der Waals surface area contributed by atoms with Gasteiger partial charge in [-0.3, -0.25) is 4.31 Å². The van der Waals surface area contributed by atoms with Crippen molar-refractivity contribution < 1.29 is 8.42 Å². The maximum absolute atomic E-state index is 12.4. The summed E-state index contributed by atoms with van der Waals surface area (Å²) in [5.74, 6) is 0. The average Bonchev–Trinajstić information content (AvgIpc) is 2.39. The van der Waals surface area contributed by atoms with Crippen LogP contribution in [0.5, 0.6) is 0 Å². The normalized spacial score (nSPS) is 11.3. The molecule has 0 radical (unpaired) electrons. The highest BCUT2D eigenvalue weighted by Gasteiger charge is 2.20. The highest BCUT2D eigenvalue weighted by molar-refractivity contribution is 7.92. The van der Waals surface area contributed by atoms with Gasteiger partial charge in [0.25, 0.3) is 10.0 Å². The summed E-state index contributed by atoms with van der Waals surface area (Å²) >= 11 is 0. The third-order valence-electron chi connectivity index (χ3n) is 2.94. The largest absolute Gasteiger partial charge is 0.399 e. The van der Waals surface area contributed by atoms with Crippen molar-refractivity contribution in [3.05, 3.63) is 54.1 Å². The topological polar surface area (TPSA) is 63.4 Å². The maximum Gasteiger partial charge on any atom is 0.264 e. The molecule has 2 N–H and O–H groups in total. The van der Waals surface area contributed by atoms with E-state index in [-0.39, 0.29) is 4.90 Å². The molecule has 0 atom stereocenters. The SMILES string of the molecule is Cc1ccc(N(C)S(=O)(=O)c2ccc(N)cc2)cc1. The van der Waals surface area contributed by atoms with E-state index in [2.05, 4.69) is 0 Å². The van der Waals surface area contributed by atoms with Gasteiger partial charge >= 0.3 is 0 Å².